The van der Waals surface area contributed by atoms with Crippen LogP contribution >= 0.6 is 11.6 Å². The molecule has 0 saturated heterocycles. The van der Waals surface area contributed by atoms with Crippen molar-refractivity contribution in [2.24, 2.45) is 11.7 Å². The van der Waals surface area contributed by atoms with E-state index in [2.05, 4.69) is 0 Å². The molecule has 2 N–H and O–H groups in total. The fraction of sp³-hybridized carbons (Fsp3) is 0.455. The third kappa shape index (κ3) is 1.72. The number of fused-ring (bicyclic) bond motifs is 1. The monoisotopic (exact) mass is 211 g/mol. The van der Waals surface area contributed by atoms with Crippen LogP contribution in [0.1, 0.15) is 12.5 Å². The van der Waals surface area contributed by atoms with Crippen molar-refractivity contribution in [3.05, 3.63) is 28.8 Å². The van der Waals surface area contributed by atoms with E-state index in [1.807, 2.05) is 25.1 Å². The van der Waals surface area contributed by atoms with Gasteiger partial charge in [0.1, 0.15) is 5.75 Å². The molecule has 0 spiro atoms. The van der Waals surface area contributed by atoms with E-state index < -0.39 is 0 Å². The second-order valence-electron chi connectivity index (χ2n) is 3.85. The Kier molecular flexibility index (Phi) is 2.66. The lowest BCUT2D eigenvalue weighted by atomic mass is 9.92. The van der Waals surface area contributed by atoms with Crippen LogP contribution in [0.2, 0.25) is 5.02 Å². The number of halogens is 1. The molecule has 1 aliphatic heterocycles. The van der Waals surface area contributed by atoms with Gasteiger partial charge in [-0.15, -0.1) is 0 Å². The number of hydrogen-bond donors (Lipinski definition) is 1. The molecule has 3 heteroatoms. The lowest BCUT2D eigenvalue weighted by Gasteiger charge is -2.28. The highest BCUT2D eigenvalue weighted by Crippen LogP contribution is 2.33. The summed E-state index contributed by atoms with van der Waals surface area (Å²) in [5.41, 5.74) is 6.95. The van der Waals surface area contributed by atoms with Gasteiger partial charge in [0.15, 0.2) is 0 Å². The molecule has 1 aliphatic rings. The third-order valence-electron chi connectivity index (χ3n) is 2.74. The average Bonchev–Trinajstić information content (AvgIpc) is 2.18. The van der Waals surface area contributed by atoms with Gasteiger partial charge in [0.05, 0.1) is 6.61 Å². The molecule has 0 aliphatic carbocycles. The van der Waals surface area contributed by atoms with Crippen molar-refractivity contribution in [3.63, 3.8) is 0 Å². The summed E-state index contributed by atoms with van der Waals surface area (Å²) in [5, 5.41) is 0.785. The first-order chi connectivity index (χ1) is 6.68. The van der Waals surface area contributed by atoms with E-state index in [9.17, 15) is 0 Å². The molecule has 0 fully saturated rings. The number of benzene rings is 1. The van der Waals surface area contributed by atoms with Gasteiger partial charge in [0, 0.05) is 22.5 Å². The molecule has 0 bridgehead atoms. The Morgan fingerprint density at radius 2 is 2.36 bits per heavy atom. The predicted molar refractivity (Wildman–Crippen MR) is 57.8 cm³/mol. The van der Waals surface area contributed by atoms with Crippen molar-refractivity contribution in [1.82, 2.24) is 0 Å². The van der Waals surface area contributed by atoms with E-state index in [-0.39, 0.29) is 6.04 Å². The number of hydrogen-bond acceptors (Lipinski definition) is 2. The molecule has 2 atom stereocenters. The maximum absolute atomic E-state index is 6.09. The zero-order valence-electron chi connectivity index (χ0n) is 8.16. The first-order valence-electron chi connectivity index (χ1n) is 4.84. The van der Waals surface area contributed by atoms with Crippen molar-refractivity contribution in [2.75, 3.05) is 6.61 Å². The summed E-state index contributed by atoms with van der Waals surface area (Å²) < 4.78 is 5.61. The molecule has 1 heterocycles. The zero-order chi connectivity index (χ0) is 10.1. The quantitative estimate of drug-likeness (QED) is 0.773. The summed E-state index contributed by atoms with van der Waals surface area (Å²) in [6.45, 7) is 2.71. The molecule has 1 aromatic rings. The zero-order valence-corrected chi connectivity index (χ0v) is 8.92. The summed E-state index contributed by atoms with van der Waals surface area (Å²) >= 11 is 6.09. The van der Waals surface area contributed by atoms with Crippen LogP contribution in [-0.4, -0.2) is 12.6 Å². The van der Waals surface area contributed by atoms with Gasteiger partial charge in [0.2, 0.25) is 0 Å². The van der Waals surface area contributed by atoms with Gasteiger partial charge < -0.3 is 10.5 Å². The standard InChI is InChI=1S/C11H14ClNO/c1-7(13)8-5-9-10(12)3-2-4-11(9)14-6-8/h2-4,7-8H,5-6,13H2,1H3/t7-,8?/m0/s1. The highest BCUT2D eigenvalue weighted by Gasteiger charge is 2.24. The van der Waals surface area contributed by atoms with Crippen molar-refractivity contribution in [1.29, 1.82) is 0 Å². The van der Waals surface area contributed by atoms with Gasteiger partial charge in [-0.05, 0) is 25.5 Å². The van der Waals surface area contributed by atoms with Crippen LogP contribution in [0.4, 0.5) is 0 Å². The van der Waals surface area contributed by atoms with Gasteiger partial charge in [-0.1, -0.05) is 17.7 Å². The van der Waals surface area contributed by atoms with Crippen molar-refractivity contribution >= 4 is 11.6 Å². The lowest BCUT2D eigenvalue weighted by molar-refractivity contribution is 0.204. The molecule has 1 aromatic carbocycles. The minimum atomic E-state index is 0.152. The Hall–Kier alpha value is -0.730. The molecular formula is C11H14ClNO. The molecule has 0 radical (unpaired) electrons. The molecule has 0 saturated carbocycles. The highest BCUT2D eigenvalue weighted by atomic mass is 35.5. The SMILES string of the molecule is C[C@H](N)C1COc2cccc(Cl)c2C1. The van der Waals surface area contributed by atoms with Crippen LogP contribution in [-0.2, 0) is 6.42 Å². The van der Waals surface area contributed by atoms with Crippen LogP contribution < -0.4 is 10.5 Å². The third-order valence-corrected chi connectivity index (χ3v) is 3.09. The van der Waals surface area contributed by atoms with Crippen LogP contribution in [0.5, 0.6) is 5.75 Å². The number of nitrogens with two attached hydrogens (primary N) is 1. The summed E-state index contributed by atoms with van der Waals surface area (Å²) in [6, 6.07) is 5.92. The normalized spacial score (nSPS) is 22.4. The fourth-order valence-corrected chi connectivity index (χ4v) is 1.97. The van der Waals surface area contributed by atoms with Gasteiger partial charge in [-0.3, -0.25) is 0 Å². The summed E-state index contributed by atoms with van der Waals surface area (Å²) in [7, 11) is 0. The summed E-state index contributed by atoms with van der Waals surface area (Å²) in [4.78, 5) is 0. The lowest BCUT2D eigenvalue weighted by Crippen LogP contribution is -2.35. The van der Waals surface area contributed by atoms with E-state index in [1.165, 1.54) is 0 Å². The van der Waals surface area contributed by atoms with Crippen molar-refractivity contribution in [2.45, 2.75) is 19.4 Å². The van der Waals surface area contributed by atoms with Crippen molar-refractivity contribution in [3.8, 4) is 5.75 Å². The van der Waals surface area contributed by atoms with E-state index in [0.717, 1.165) is 22.8 Å². The van der Waals surface area contributed by atoms with Gasteiger partial charge in [-0.25, -0.2) is 0 Å². The Labute approximate surface area is 89.0 Å². The topological polar surface area (TPSA) is 35.2 Å². The fourth-order valence-electron chi connectivity index (χ4n) is 1.73. The molecule has 2 rings (SSSR count). The van der Waals surface area contributed by atoms with Crippen molar-refractivity contribution < 1.29 is 4.74 Å². The Morgan fingerprint density at radius 1 is 1.57 bits per heavy atom. The Balaban J connectivity index is 2.29. The molecule has 14 heavy (non-hydrogen) atoms. The van der Waals surface area contributed by atoms with Crippen LogP contribution in [0, 0.1) is 5.92 Å². The second-order valence-corrected chi connectivity index (χ2v) is 4.26. The summed E-state index contributed by atoms with van der Waals surface area (Å²) in [5.74, 6) is 1.29. The average molecular weight is 212 g/mol. The second kappa shape index (κ2) is 3.79. The molecule has 1 unspecified atom stereocenters. The van der Waals surface area contributed by atoms with E-state index in [4.69, 9.17) is 22.1 Å². The molecule has 0 amide bonds. The smallest absolute Gasteiger partial charge is 0.123 e. The first-order valence-corrected chi connectivity index (χ1v) is 5.22. The maximum Gasteiger partial charge on any atom is 0.123 e. The molecular weight excluding hydrogens is 198 g/mol. The minimum absolute atomic E-state index is 0.152. The molecule has 0 aromatic heterocycles. The predicted octanol–water partition coefficient (Wildman–Crippen LogP) is 2.24. The summed E-state index contributed by atoms with van der Waals surface area (Å²) in [6.07, 6.45) is 0.923. The number of ether oxygens (including phenoxy) is 1. The van der Waals surface area contributed by atoms with Crippen LogP contribution in [0.25, 0.3) is 0 Å². The van der Waals surface area contributed by atoms with E-state index in [1.54, 1.807) is 0 Å². The van der Waals surface area contributed by atoms with Crippen LogP contribution in [0.15, 0.2) is 18.2 Å². The molecule has 2 nitrogen and oxygen atoms in total. The van der Waals surface area contributed by atoms with Gasteiger partial charge in [0.25, 0.3) is 0 Å². The van der Waals surface area contributed by atoms with Crippen LogP contribution in [0.3, 0.4) is 0 Å². The largest absolute Gasteiger partial charge is 0.493 e. The van der Waals surface area contributed by atoms with Gasteiger partial charge in [-0.2, -0.15) is 0 Å². The highest BCUT2D eigenvalue weighted by molar-refractivity contribution is 6.31. The number of rotatable bonds is 1. The Morgan fingerprint density at radius 3 is 3.07 bits per heavy atom. The van der Waals surface area contributed by atoms with E-state index in [0.29, 0.717) is 12.5 Å². The molecule has 76 valence electrons. The maximum atomic E-state index is 6.09. The first kappa shape index (κ1) is 9.81. The Bertz CT molecular complexity index is 338. The minimum Gasteiger partial charge on any atom is -0.493 e. The van der Waals surface area contributed by atoms with Gasteiger partial charge >= 0.3 is 0 Å². The van der Waals surface area contributed by atoms with E-state index >= 15 is 0 Å².